The summed E-state index contributed by atoms with van der Waals surface area (Å²) >= 11 is -1.87. The van der Waals surface area contributed by atoms with Crippen molar-refractivity contribution in [2.24, 2.45) is 0 Å². The average molecular weight is 598 g/mol. The molecular weight excluding hydrogens is 586 g/mol. The van der Waals surface area contributed by atoms with Crippen LogP contribution in [0.3, 0.4) is 0 Å². The average Bonchev–Trinajstić information content (AvgIpc) is 2.53. The molecule has 0 aliphatic carbocycles. The number of benzene rings is 3. The zero-order valence-corrected chi connectivity index (χ0v) is 26.0. The third-order valence-electron chi connectivity index (χ3n) is 3.61. The number of hydrogen-bond acceptors (Lipinski definition) is 0. The Morgan fingerprint density at radius 2 is 0.516 bits per heavy atom. The summed E-state index contributed by atoms with van der Waals surface area (Å²) in [5, 5.41) is 0. The summed E-state index contributed by atoms with van der Waals surface area (Å²) in [4.78, 5) is 0. The standard InChI is InChI=1S/3C6H4F.Al.6ClH.3Mg/c3*7-6-4-2-1-3-5-6;;;;;;;;;;/h3*2-5H;;6*1H;;;/q;;;;;;;;;;3*+2/p-6. The number of rotatable bonds is 3. The van der Waals surface area contributed by atoms with Gasteiger partial charge < -0.3 is 74.4 Å². The topological polar surface area (TPSA) is 0 Å². The molecule has 3 aromatic carbocycles. The van der Waals surface area contributed by atoms with Crippen molar-refractivity contribution >= 4 is 96.6 Å². The molecule has 0 N–H and O–H groups in total. The van der Waals surface area contributed by atoms with E-state index in [4.69, 9.17) is 0 Å². The van der Waals surface area contributed by atoms with Gasteiger partial charge in [0.25, 0.3) is 0 Å². The quantitative estimate of drug-likeness (QED) is 0.263. The van der Waals surface area contributed by atoms with Crippen molar-refractivity contribution in [2.45, 2.75) is 0 Å². The van der Waals surface area contributed by atoms with Crippen LogP contribution in [0.2, 0.25) is 0 Å². The van der Waals surface area contributed by atoms with Crippen LogP contribution in [0.1, 0.15) is 0 Å². The molecule has 3 rings (SSSR count). The maximum Gasteiger partial charge on any atom is 2.00 e. The van der Waals surface area contributed by atoms with Crippen LogP contribution >= 0.6 is 0 Å². The van der Waals surface area contributed by atoms with Crippen LogP contribution in [0.5, 0.6) is 0 Å². The Morgan fingerprint density at radius 1 is 0.355 bits per heavy atom. The minimum atomic E-state index is -1.87. The molecule has 0 radical (unpaired) electrons. The van der Waals surface area contributed by atoms with Gasteiger partial charge in [0.15, 0.2) is 0 Å². The molecular formula is C18H12AlCl6F3Mg3. The molecule has 13 heteroatoms. The van der Waals surface area contributed by atoms with Crippen molar-refractivity contribution in [3.63, 3.8) is 0 Å². The summed E-state index contributed by atoms with van der Waals surface area (Å²) in [7, 11) is 0. The molecule has 0 aliphatic rings. The van der Waals surface area contributed by atoms with Gasteiger partial charge in [-0.05, 0) is 36.4 Å². The molecule has 0 fully saturated rings. The van der Waals surface area contributed by atoms with Gasteiger partial charge in [0, 0.05) is 0 Å². The van der Waals surface area contributed by atoms with E-state index in [-0.39, 0.29) is 161 Å². The minimum Gasteiger partial charge on any atom is -1.00 e. The Labute approximate surface area is 271 Å². The molecule has 0 heterocycles. The van der Waals surface area contributed by atoms with Gasteiger partial charge in [-0.15, -0.1) is 0 Å². The summed E-state index contributed by atoms with van der Waals surface area (Å²) in [6, 6.07) is 19.0. The van der Waals surface area contributed by atoms with E-state index in [1.807, 2.05) is 0 Å². The first kappa shape index (κ1) is 50.0. The van der Waals surface area contributed by atoms with Crippen molar-refractivity contribution in [3.8, 4) is 0 Å². The third kappa shape index (κ3) is 14.9. The molecule has 0 aromatic heterocycles. The number of halogens is 9. The Hall–Kier alpha value is 2.02. The van der Waals surface area contributed by atoms with Crippen LogP contribution in [0, 0.1) is 17.5 Å². The second-order valence-electron chi connectivity index (χ2n) is 5.09. The van der Waals surface area contributed by atoms with E-state index in [2.05, 4.69) is 0 Å². The van der Waals surface area contributed by atoms with Crippen LogP contribution in [-0.2, 0) is 0 Å². The Bertz CT molecular complexity index is 677. The second kappa shape index (κ2) is 25.1. The second-order valence-corrected chi connectivity index (χ2v) is 7.95. The van der Waals surface area contributed by atoms with E-state index in [0.717, 1.165) is 13.3 Å². The Balaban J connectivity index is -0.000000128. The van der Waals surface area contributed by atoms with Crippen molar-refractivity contribution in [1.29, 1.82) is 0 Å². The van der Waals surface area contributed by atoms with Gasteiger partial charge in [-0.25, -0.2) is 13.2 Å². The van der Waals surface area contributed by atoms with Gasteiger partial charge in [0.1, 0.15) is 17.5 Å². The Morgan fingerprint density at radius 3 is 0.677 bits per heavy atom. The third-order valence-corrected chi connectivity index (χ3v) is 6.76. The normalized spacial score (nSPS) is 7.45. The molecule has 0 nitrogen and oxygen atoms in total. The van der Waals surface area contributed by atoms with Crippen molar-refractivity contribution in [1.82, 2.24) is 0 Å². The van der Waals surface area contributed by atoms with E-state index >= 15 is 0 Å². The summed E-state index contributed by atoms with van der Waals surface area (Å²) in [6.45, 7) is 0. The molecule has 156 valence electrons. The molecule has 31 heavy (non-hydrogen) atoms. The van der Waals surface area contributed by atoms with Crippen LogP contribution in [0.25, 0.3) is 0 Å². The predicted octanol–water partition coefficient (Wildman–Crippen LogP) is -16.5. The zero-order chi connectivity index (χ0) is 15.5. The molecule has 0 spiro atoms. The molecule has 0 amide bonds. The largest absolute Gasteiger partial charge is 2.00 e. The van der Waals surface area contributed by atoms with Crippen LogP contribution in [-0.4, -0.2) is 83.3 Å². The summed E-state index contributed by atoms with van der Waals surface area (Å²) in [6.07, 6.45) is 0. The maximum atomic E-state index is 13.2. The fourth-order valence-corrected chi connectivity index (χ4v) is 5.43. The maximum absolute atomic E-state index is 13.2. The first-order chi connectivity index (χ1) is 10.6. The number of hydrogen-bond donors (Lipinski definition) is 0. The van der Waals surface area contributed by atoms with Crippen LogP contribution in [0.15, 0.2) is 72.8 Å². The predicted molar refractivity (Wildman–Crippen MR) is 101 cm³/mol. The Kier molecular flexibility index (Phi) is 40.5. The van der Waals surface area contributed by atoms with Gasteiger partial charge >= 0.3 is 83.3 Å². The van der Waals surface area contributed by atoms with Crippen molar-refractivity contribution < 1.29 is 87.6 Å². The van der Waals surface area contributed by atoms with Gasteiger partial charge in [0.2, 0.25) is 0 Å². The van der Waals surface area contributed by atoms with E-state index in [9.17, 15) is 13.2 Å². The fourth-order valence-electron chi connectivity index (χ4n) is 2.54. The zero-order valence-electron chi connectivity index (χ0n) is 16.0. The molecule has 3 aromatic rings. The van der Waals surface area contributed by atoms with Gasteiger partial charge in [0.05, 0.1) is 0 Å². The smallest absolute Gasteiger partial charge is 1.00 e. The minimum absolute atomic E-state index is 0. The monoisotopic (exact) mass is 594 g/mol. The first-order valence-corrected chi connectivity index (χ1v) is 8.63. The van der Waals surface area contributed by atoms with Crippen molar-refractivity contribution in [2.75, 3.05) is 0 Å². The summed E-state index contributed by atoms with van der Waals surface area (Å²) in [5.74, 6) is -0.890. The molecule has 0 aliphatic heterocycles. The van der Waals surface area contributed by atoms with Gasteiger partial charge in [-0.2, -0.15) is 0 Å². The fraction of sp³-hybridized carbons (Fsp3) is 0. The summed E-state index contributed by atoms with van der Waals surface area (Å²) in [5.41, 5.74) is 0. The van der Waals surface area contributed by atoms with Crippen LogP contribution < -0.4 is 87.7 Å². The van der Waals surface area contributed by atoms with E-state index < -0.39 is 14.1 Å². The van der Waals surface area contributed by atoms with E-state index in [0.29, 0.717) is 0 Å². The van der Waals surface area contributed by atoms with Crippen molar-refractivity contribution in [3.05, 3.63) is 90.2 Å². The van der Waals surface area contributed by atoms with Crippen LogP contribution in [0.4, 0.5) is 13.2 Å². The van der Waals surface area contributed by atoms with E-state index in [1.165, 1.54) is 36.4 Å². The SMILES string of the molecule is Fc1cc[c]([Al]([c]2ccc(F)cc2)[c]2ccc(F)cc2)cc1.[Cl-].[Cl-].[Cl-].[Cl-].[Cl-].[Cl-].[Mg+2].[Mg+2].[Mg+2]. The molecule has 0 saturated carbocycles. The molecule has 0 atom stereocenters. The molecule has 0 unspecified atom stereocenters. The van der Waals surface area contributed by atoms with E-state index in [1.54, 1.807) is 36.4 Å². The summed E-state index contributed by atoms with van der Waals surface area (Å²) < 4.78 is 42.5. The molecule has 0 saturated heterocycles. The first-order valence-electron chi connectivity index (χ1n) is 6.90. The van der Waals surface area contributed by atoms with Gasteiger partial charge in [-0.1, -0.05) is 49.7 Å². The molecule has 0 bridgehead atoms. The van der Waals surface area contributed by atoms with Gasteiger partial charge in [-0.3, -0.25) is 0 Å².